The van der Waals surface area contributed by atoms with Gasteiger partial charge in [0.25, 0.3) is 0 Å². The first kappa shape index (κ1) is 22.1. The number of carboxylic acid groups (broad SMARTS) is 1. The lowest BCUT2D eigenvalue weighted by atomic mass is 10.00. The highest BCUT2D eigenvalue weighted by molar-refractivity contribution is 7.99. The number of aliphatic carboxylic acids is 1. The number of hydrogen-bond acceptors (Lipinski definition) is 5. The monoisotopic (exact) mass is 449 g/mol. The van der Waals surface area contributed by atoms with Crippen LogP contribution in [0.2, 0.25) is 0 Å². The molecule has 3 aromatic rings. The number of fused-ring (bicyclic) bond motifs is 1. The van der Waals surface area contributed by atoms with Crippen molar-refractivity contribution < 1.29 is 19.4 Å². The molecule has 1 aliphatic rings. The first-order valence-electron chi connectivity index (χ1n) is 10.7. The molecule has 0 spiro atoms. The Hall–Kier alpha value is -3.12. The third-order valence-corrected chi connectivity index (χ3v) is 6.65. The van der Waals surface area contributed by atoms with Crippen molar-refractivity contribution in [2.24, 2.45) is 0 Å². The minimum Gasteiger partial charge on any atom is -0.479 e. The van der Waals surface area contributed by atoms with E-state index in [-0.39, 0.29) is 6.23 Å². The first-order chi connectivity index (χ1) is 15.4. The number of hydrogen-bond donors (Lipinski definition) is 1. The Balaban J connectivity index is 1.49. The highest BCUT2D eigenvalue weighted by Gasteiger charge is 2.22. The number of carboxylic acids is 1. The summed E-state index contributed by atoms with van der Waals surface area (Å²) >= 11 is 1.88. The van der Waals surface area contributed by atoms with E-state index < -0.39 is 12.1 Å². The summed E-state index contributed by atoms with van der Waals surface area (Å²) < 4.78 is 11.9. The van der Waals surface area contributed by atoms with Crippen LogP contribution >= 0.6 is 11.8 Å². The van der Waals surface area contributed by atoms with Gasteiger partial charge in [-0.1, -0.05) is 36.4 Å². The molecule has 0 aromatic heterocycles. The van der Waals surface area contributed by atoms with Crippen molar-refractivity contribution in [2.75, 3.05) is 17.2 Å². The van der Waals surface area contributed by atoms with Crippen molar-refractivity contribution in [3.05, 3.63) is 72.3 Å². The van der Waals surface area contributed by atoms with Crippen LogP contribution in [0.5, 0.6) is 11.5 Å². The second kappa shape index (κ2) is 9.57. The summed E-state index contributed by atoms with van der Waals surface area (Å²) in [5.74, 6) is 1.44. The Morgan fingerprint density at radius 2 is 1.75 bits per heavy atom. The Kier molecular flexibility index (Phi) is 6.61. The normalized spacial score (nSPS) is 14.9. The standard InChI is InChI=1S/C26H27NO4S/c1-17-22(7-6-9-24(17)30-18(2)26(28)29)20-11-13-21(14-12-20)31-19(3)27-15-16-32-25-10-5-4-8-23(25)27/h4-14,18-19H,15-16H2,1-3H3,(H,28,29). The number of para-hydroxylation sites is 1. The fraction of sp³-hybridized carbons (Fsp3) is 0.269. The Morgan fingerprint density at radius 1 is 1.00 bits per heavy atom. The van der Waals surface area contributed by atoms with Crippen molar-refractivity contribution in [1.82, 2.24) is 0 Å². The number of carbonyl (C=O) groups is 1. The van der Waals surface area contributed by atoms with E-state index in [1.54, 1.807) is 6.07 Å². The largest absolute Gasteiger partial charge is 0.479 e. The number of benzene rings is 3. The molecule has 0 saturated carbocycles. The summed E-state index contributed by atoms with van der Waals surface area (Å²) in [6, 6.07) is 22.1. The first-order valence-corrected chi connectivity index (χ1v) is 11.7. The number of nitrogens with zero attached hydrogens (tertiary/aromatic N) is 1. The molecule has 0 aliphatic carbocycles. The lowest BCUT2D eigenvalue weighted by molar-refractivity contribution is -0.144. The Morgan fingerprint density at radius 3 is 2.50 bits per heavy atom. The van der Waals surface area contributed by atoms with E-state index in [0.717, 1.165) is 34.7 Å². The molecule has 0 saturated heterocycles. The van der Waals surface area contributed by atoms with Crippen molar-refractivity contribution in [1.29, 1.82) is 0 Å². The van der Waals surface area contributed by atoms with Gasteiger partial charge in [-0.25, -0.2) is 4.79 Å². The molecule has 2 atom stereocenters. The molecular weight excluding hydrogens is 422 g/mol. The van der Waals surface area contributed by atoms with E-state index in [2.05, 4.69) is 36.1 Å². The number of anilines is 1. The molecule has 4 rings (SSSR count). The van der Waals surface area contributed by atoms with Gasteiger partial charge in [0.05, 0.1) is 5.69 Å². The Labute approximate surface area is 193 Å². The summed E-state index contributed by atoms with van der Waals surface area (Å²) in [5, 5.41) is 9.13. The number of rotatable bonds is 7. The molecule has 5 nitrogen and oxygen atoms in total. The fourth-order valence-electron chi connectivity index (χ4n) is 3.84. The summed E-state index contributed by atoms with van der Waals surface area (Å²) in [6.45, 7) is 6.50. The molecular formula is C26H27NO4S. The lowest BCUT2D eigenvalue weighted by Gasteiger charge is -2.35. The smallest absolute Gasteiger partial charge is 0.344 e. The van der Waals surface area contributed by atoms with Crippen LogP contribution in [0.25, 0.3) is 11.1 Å². The average molecular weight is 450 g/mol. The Bertz CT molecular complexity index is 1100. The van der Waals surface area contributed by atoms with Gasteiger partial charge in [0.1, 0.15) is 11.5 Å². The van der Waals surface area contributed by atoms with Crippen molar-refractivity contribution in [3.63, 3.8) is 0 Å². The second-order valence-electron chi connectivity index (χ2n) is 7.78. The van der Waals surface area contributed by atoms with Crippen molar-refractivity contribution in [2.45, 2.75) is 38.0 Å². The quantitative estimate of drug-likeness (QED) is 0.488. The highest BCUT2D eigenvalue weighted by Crippen LogP contribution is 2.36. The van der Waals surface area contributed by atoms with E-state index in [1.807, 2.05) is 55.1 Å². The average Bonchev–Trinajstić information content (AvgIpc) is 2.80. The summed E-state index contributed by atoms with van der Waals surface area (Å²) in [6.07, 6.45) is -0.988. The molecule has 3 aromatic carbocycles. The third-order valence-electron chi connectivity index (χ3n) is 5.61. The van der Waals surface area contributed by atoms with Gasteiger partial charge in [-0.05, 0) is 67.8 Å². The third kappa shape index (κ3) is 4.70. The second-order valence-corrected chi connectivity index (χ2v) is 8.91. The van der Waals surface area contributed by atoms with Crippen LogP contribution in [0.3, 0.4) is 0 Å². The van der Waals surface area contributed by atoms with Gasteiger partial charge < -0.3 is 19.5 Å². The van der Waals surface area contributed by atoms with Crippen molar-refractivity contribution in [3.8, 4) is 22.6 Å². The lowest BCUT2D eigenvalue weighted by Crippen LogP contribution is -2.40. The van der Waals surface area contributed by atoms with Crippen LogP contribution in [0.1, 0.15) is 19.4 Å². The molecule has 1 heterocycles. The molecule has 32 heavy (non-hydrogen) atoms. The molecule has 0 amide bonds. The van der Waals surface area contributed by atoms with Crippen LogP contribution in [0, 0.1) is 6.92 Å². The predicted octanol–water partition coefficient (Wildman–Crippen LogP) is 5.85. The number of ether oxygens (including phenoxy) is 2. The minimum atomic E-state index is -0.986. The maximum absolute atomic E-state index is 11.1. The zero-order valence-electron chi connectivity index (χ0n) is 18.4. The van der Waals surface area contributed by atoms with Crippen LogP contribution in [-0.2, 0) is 4.79 Å². The van der Waals surface area contributed by atoms with Gasteiger partial charge in [0, 0.05) is 17.2 Å². The molecule has 166 valence electrons. The SMILES string of the molecule is Cc1c(OC(C)C(=O)O)cccc1-c1ccc(OC(C)N2CCSc3ccccc32)cc1. The van der Waals surface area contributed by atoms with E-state index >= 15 is 0 Å². The van der Waals surface area contributed by atoms with Gasteiger partial charge in [0.15, 0.2) is 12.3 Å². The van der Waals surface area contributed by atoms with E-state index in [9.17, 15) is 4.79 Å². The van der Waals surface area contributed by atoms with Gasteiger partial charge in [0.2, 0.25) is 0 Å². The molecule has 2 unspecified atom stereocenters. The van der Waals surface area contributed by atoms with Crippen LogP contribution < -0.4 is 14.4 Å². The predicted molar refractivity (Wildman–Crippen MR) is 129 cm³/mol. The topological polar surface area (TPSA) is 59.0 Å². The van der Waals surface area contributed by atoms with Crippen LogP contribution in [0.4, 0.5) is 5.69 Å². The number of thioether (sulfide) groups is 1. The molecule has 1 aliphatic heterocycles. The molecule has 6 heteroatoms. The van der Waals surface area contributed by atoms with Crippen LogP contribution in [-0.4, -0.2) is 35.7 Å². The zero-order valence-corrected chi connectivity index (χ0v) is 19.3. The summed E-state index contributed by atoms with van der Waals surface area (Å²) in [5.41, 5.74) is 4.15. The van der Waals surface area contributed by atoms with Crippen molar-refractivity contribution >= 4 is 23.4 Å². The summed E-state index contributed by atoms with van der Waals surface area (Å²) in [4.78, 5) is 14.7. The fourth-order valence-corrected chi connectivity index (χ4v) is 4.85. The van der Waals surface area contributed by atoms with Gasteiger partial charge in [-0.15, -0.1) is 11.8 Å². The summed E-state index contributed by atoms with van der Waals surface area (Å²) in [7, 11) is 0. The maximum atomic E-state index is 11.1. The van der Waals surface area contributed by atoms with E-state index in [0.29, 0.717) is 5.75 Å². The van der Waals surface area contributed by atoms with Crippen LogP contribution in [0.15, 0.2) is 71.6 Å². The van der Waals surface area contributed by atoms with E-state index in [4.69, 9.17) is 14.6 Å². The molecule has 0 fully saturated rings. The zero-order chi connectivity index (χ0) is 22.7. The molecule has 1 N–H and O–H groups in total. The minimum absolute atomic E-state index is 0.0844. The van der Waals surface area contributed by atoms with Gasteiger partial charge in [-0.3, -0.25) is 0 Å². The van der Waals surface area contributed by atoms with Gasteiger partial charge >= 0.3 is 5.97 Å². The van der Waals surface area contributed by atoms with E-state index in [1.165, 1.54) is 17.5 Å². The molecule has 0 radical (unpaired) electrons. The van der Waals surface area contributed by atoms with Gasteiger partial charge in [-0.2, -0.15) is 0 Å². The molecule has 0 bridgehead atoms. The maximum Gasteiger partial charge on any atom is 0.344 e. The highest BCUT2D eigenvalue weighted by atomic mass is 32.2.